The molecule has 0 aliphatic rings. The van der Waals surface area contributed by atoms with E-state index in [-0.39, 0.29) is 19.0 Å². The first-order valence-electron chi connectivity index (χ1n) is 6.06. The van der Waals surface area contributed by atoms with Crippen LogP contribution in [-0.2, 0) is 16.1 Å². The number of ether oxygens (including phenoxy) is 1. The maximum atomic E-state index is 11.5. The molecule has 0 amide bonds. The summed E-state index contributed by atoms with van der Waals surface area (Å²) in [4.78, 5) is 23.4. The van der Waals surface area contributed by atoms with Crippen LogP contribution in [0.15, 0.2) is 12.7 Å². The first-order valence-corrected chi connectivity index (χ1v) is 6.06. The fourth-order valence-corrected chi connectivity index (χ4v) is 1.74. The van der Waals surface area contributed by atoms with Crippen LogP contribution in [0.1, 0.15) is 6.92 Å². The van der Waals surface area contributed by atoms with Crippen LogP contribution in [-0.4, -0.2) is 49.3 Å². The standard InChI is InChI=1S/C11H16N6O3/c1-2-20-11(19)7(12)6(18)3-17-5-16-8-9(13)14-4-15-10(8)17/h4-7,18H,2-3,12H2,1H3,(H2,13,14,15)/t6-,7-/m1/s1. The van der Waals surface area contributed by atoms with E-state index in [1.807, 2.05) is 0 Å². The molecule has 2 aromatic rings. The van der Waals surface area contributed by atoms with Crippen LogP contribution >= 0.6 is 0 Å². The second kappa shape index (κ2) is 5.80. The third kappa shape index (κ3) is 2.68. The van der Waals surface area contributed by atoms with Crippen molar-refractivity contribution in [2.45, 2.75) is 25.6 Å². The van der Waals surface area contributed by atoms with Gasteiger partial charge in [-0.25, -0.2) is 15.0 Å². The largest absolute Gasteiger partial charge is 0.465 e. The molecule has 0 aromatic carbocycles. The Kier molecular flexibility index (Phi) is 4.11. The fourth-order valence-electron chi connectivity index (χ4n) is 1.74. The number of fused-ring (bicyclic) bond motifs is 1. The van der Waals surface area contributed by atoms with Crippen molar-refractivity contribution < 1.29 is 14.6 Å². The number of esters is 1. The van der Waals surface area contributed by atoms with E-state index in [9.17, 15) is 9.90 Å². The summed E-state index contributed by atoms with van der Waals surface area (Å²) in [5.41, 5.74) is 12.2. The van der Waals surface area contributed by atoms with E-state index in [0.29, 0.717) is 11.2 Å². The summed E-state index contributed by atoms with van der Waals surface area (Å²) in [6.07, 6.45) is 1.63. The molecule has 108 valence electrons. The van der Waals surface area contributed by atoms with Crippen molar-refractivity contribution in [1.82, 2.24) is 19.5 Å². The van der Waals surface area contributed by atoms with Crippen molar-refractivity contribution in [3.05, 3.63) is 12.7 Å². The Bertz CT molecular complexity index is 613. The number of imidazole rings is 1. The fraction of sp³-hybridized carbons (Fsp3) is 0.455. The van der Waals surface area contributed by atoms with E-state index in [4.69, 9.17) is 16.2 Å². The number of carbonyl (C=O) groups is 1. The van der Waals surface area contributed by atoms with Gasteiger partial charge in [0.15, 0.2) is 11.5 Å². The summed E-state index contributed by atoms with van der Waals surface area (Å²) >= 11 is 0. The number of nitrogens with zero attached hydrogens (tertiary/aromatic N) is 4. The van der Waals surface area contributed by atoms with E-state index in [1.54, 1.807) is 11.5 Å². The van der Waals surface area contributed by atoms with E-state index in [0.717, 1.165) is 0 Å². The summed E-state index contributed by atoms with van der Waals surface area (Å²) in [5.74, 6) is -0.406. The van der Waals surface area contributed by atoms with Gasteiger partial charge in [0.05, 0.1) is 25.6 Å². The predicted molar refractivity (Wildman–Crippen MR) is 70.4 cm³/mol. The van der Waals surface area contributed by atoms with Crippen molar-refractivity contribution >= 4 is 23.0 Å². The molecule has 0 bridgehead atoms. The number of hydrogen-bond acceptors (Lipinski definition) is 8. The van der Waals surface area contributed by atoms with Crippen LogP contribution < -0.4 is 11.5 Å². The maximum absolute atomic E-state index is 11.5. The molecular formula is C11H16N6O3. The third-order valence-corrected chi connectivity index (χ3v) is 2.79. The van der Waals surface area contributed by atoms with Gasteiger partial charge in [-0.3, -0.25) is 4.79 Å². The van der Waals surface area contributed by atoms with Gasteiger partial charge in [-0.2, -0.15) is 0 Å². The van der Waals surface area contributed by atoms with Gasteiger partial charge in [-0.05, 0) is 6.92 Å². The highest BCUT2D eigenvalue weighted by atomic mass is 16.5. The number of aliphatic hydroxyl groups is 1. The zero-order valence-electron chi connectivity index (χ0n) is 10.9. The molecule has 9 nitrogen and oxygen atoms in total. The van der Waals surface area contributed by atoms with Crippen molar-refractivity contribution in [3.8, 4) is 0 Å². The highest BCUT2D eigenvalue weighted by molar-refractivity contribution is 5.81. The van der Waals surface area contributed by atoms with Gasteiger partial charge in [0.1, 0.15) is 17.9 Å². The Labute approximate surface area is 114 Å². The molecule has 9 heteroatoms. The topological polar surface area (TPSA) is 142 Å². The molecule has 2 atom stereocenters. The highest BCUT2D eigenvalue weighted by Crippen LogP contribution is 2.14. The Morgan fingerprint density at radius 3 is 2.95 bits per heavy atom. The van der Waals surface area contributed by atoms with Gasteiger partial charge in [0.2, 0.25) is 0 Å². The summed E-state index contributed by atoms with van der Waals surface area (Å²) in [6.45, 7) is 1.92. The Morgan fingerprint density at radius 2 is 2.25 bits per heavy atom. The zero-order valence-corrected chi connectivity index (χ0v) is 10.9. The lowest BCUT2D eigenvalue weighted by atomic mass is 10.2. The molecule has 0 aliphatic heterocycles. The van der Waals surface area contributed by atoms with Crippen molar-refractivity contribution in [3.63, 3.8) is 0 Å². The average Bonchev–Trinajstić information content (AvgIpc) is 2.83. The number of rotatable bonds is 5. The van der Waals surface area contributed by atoms with Crippen LogP contribution in [0.4, 0.5) is 5.82 Å². The monoisotopic (exact) mass is 280 g/mol. The number of nitrogen functional groups attached to an aromatic ring is 1. The lowest BCUT2D eigenvalue weighted by Gasteiger charge is -2.17. The van der Waals surface area contributed by atoms with E-state index >= 15 is 0 Å². The highest BCUT2D eigenvalue weighted by Gasteiger charge is 2.25. The molecule has 0 unspecified atom stereocenters. The second-order valence-corrected chi connectivity index (χ2v) is 4.17. The van der Waals surface area contributed by atoms with Gasteiger partial charge in [-0.15, -0.1) is 0 Å². The maximum Gasteiger partial charge on any atom is 0.325 e. The number of aromatic nitrogens is 4. The molecule has 2 heterocycles. The molecular weight excluding hydrogens is 264 g/mol. The van der Waals surface area contributed by atoms with Gasteiger partial charge in [0, 0.05) is 0 Å². The summed E-state index contributed by atoms with van der Waals surface area (Å²) in [7, 11) is 0. The molecule has 2 aromatic heterocycles. The minimum absolute atomic E-state index is 0.0485. The normalized spacial score (nSPS) is 14.2. The van der Waals surface area contributed by atoms with Crippen molar-refractivity contribution in [2.24, 2.45) is 5.73 Å². The molecule has 0 saturated heterocycles. The lowest BCUT2D eigenvalue weighted by molar-refractivity contribution is -0.147. The first-order chi connectivity index (χ1) is 9.54. The lowest BCUT2D eigenvalue weighted by Crippen LogP contribution is -2.45. The minimum atomic E-state index is -1.13. The molecule has 0 fully saturated rings. The molecule has 20 heavy (non-hydrogen) atoms. The quantitative estimate of drug-likeness (QED) is 0.571. The Morgan fingerprint density at radius 1 is 1.50 bits per heavy atom. The number of carbonyl (C=O) groups excluding carboxylic acids is 1. The average molecular weight is 280 g/mol. The van der Waals surface area contributed by atoms with Crippen molar-refractivity contribution in [1.29, 1.82) is 0 Å². The molecule has 0 spiro atoms. The van der Waals surface area contributed by atoms with E-state index in [2.05, 4.69) is 15.0 Å². The number of aliphatic hydroxyl groups excluding tert-OH is 1. The van der Waals surface area contributed by atoms with Crippen LogP contribution in [0.5, 0.6) is 0 Å². The van der Waals surface area contributed by atoms with E-state index < -0.39 is 18.1 Å². The van der Waals surface area contributed by atoms with Crippen LogP contribution in [0.3, 0.4) is 0 Å². The summed E-state index contributed by atoms with van der Waals surface area (Å²) in [6, 6.07) is -1.13. The number of anilines is 1. The minimum Gasteiger partial charge on any atom is -0.465 e. The second-order valence-electron chi connectivity index (χ2n) is 4.17. The molecule has 2 rings (SSSR count). The SMILES string of the molecule is CCOC(=O)[C@H](N)[C@H](O)Cn1cnc2c(N)ncnc21. The molecule has 0 aliphatic carbocycles. The summed E-state index contributed by atoms with van der Waals surface area (Å²) < 4.78 is 6.31. The number of hydrogen-bond donors (Lipinski definition) is 3. The van der Waals surface area contributed by atoms with Gasteiger partial charge < -0.3 is 25.9 Å². The molecule has 5 N–H and O–H groups in total. The summed E-state index contributed by atoms with van der Waals surface area (Å²) in [5, 5.41) is 9.97. The van der Waals surface area contributed by atoms with Gasteiger partial charge in [-0.1, -0.05) is 0 Å². The van der Waals surface area contributed by atoms with Gasteiger partial charge >= 0.3 is 5.97 Å². The Hall–Kier alpha value is -2.26. The van der Waals surface area contributed by atoms with Gasteiger partial charge in [0.25, 0.3) is 0 Å². The van der Waals surface area contributed by atoms with Crippen molar-refractivity contribution in [2.75, 3.05) is 12.3 Å². The van der Waals surface area contributed by atoms with Crippen LogP contribution in [0.25, 0.3) is 11.2 Å². The van der Waals surface area contributed by atoms with Crippen LogP contribution in [0, 0.1) is 0 Å². The Balaban J connectivity index is 2.16. The smallest absolute Gasteiger partial charge is 0.325 e. The third-order valence-electron chi connectivity index (χ3n) is 2.79. The molecule has 0 radical (unpaired) electrons. The van der Waals surface area contributed by atoms with E-state index in [1.165, 1.54) is 12.7 Å². The zero-order chi connectivity index (χ0) is 14.7. The first kappa shape index (κ1) is 14.2. The predicted octanol–water partition coefficient (Wildman–Crippen LogP) is -1.34. The molecule has 0 saturated carbocycles. The number of nitrogens with two attached hydrogens (primary N) is 2. The van der Waals surface area contributed by atoms with Crippen LogP contribution in [0.2, 0.25) is 0 Å².